The number of rotatable bonds is 4. The number of aromatic nitrogens is 1. The first-order valence-corrected chi connectivity index (χ1v) is 5.70. The van der Waals surface area contributed by atoms with Gasteiger partial charge in [-0.15, -0.1) is 0 Å². The van der Waals surface area contributed by atoms with Crippen LogP contribution in [-0.2, 0) is 11.2 Å². The topological polar surface area (TPSA) is 54.4 Å². The number of nitrogens with one attached hydrogen (secondary N) is 1. The number of hydrogen-bond acceptors (Lipinski definition) is 3. The van der Waals surface area contributed by atoms with Crippen LogP contribution in [0.4, 0.5) is 4.39 Å². The van der Waals surface area contributed by atoms with Gasteiger partial charge in [0.25, 0.3) is 0 Å². The summed E-state index contributed by atoms with van der Waals surface area (Å²) in [6.07, 6.45) is 4.97. The summed E-state index contributed by atoms with van der Waals surface area (Å²) >= 11 is 0. The largest absolute Gasteiger partial charge is 0.273 e. The van der Waals surface area contributed by atoms with Gasteiger partial charge < -0.3 is 0 Å². The lowest BCUT2D eigenvalue weighted by atomic mass is 10.1. The van der Waals surface area contributed by atoms with E-state index in [2.05, 4.69) is 15.5 Å². The second-order valence-electron chi connectivity index (χ2n) is 3.88. The van der Waals surface area contributed by atoms with Crippen LogP contribution >= 0.6 is 0 Å². The number of amides is 1. The number of hydrogen-bond donors (Lipinski definition) is 1. The molecule has 5 heteroatoms. The van der Waals surface area contributed by atoms with Crippen LogP contribution in [0.3, 0.4) is 0 Å². The summed E-state index contributed by atoms with van der Waals surface area (Å²) in [5, 5.41) is 3.83. The molecular formula is C14H12FN3O. The van der Waals surface area contributed by atoms with Crippen molar-refractivity contribution in [3.63, 3.8) is 0 Å². The van der Waals surface area contributed by atoms with Gasteiger partial charge >= 0.3 is 0 Å². The van der Waals surface area contributed by atoms with Gasteiger partial charge in [-0.1, -0.05) is 12.1 Å². The third kappa shape index (κ3) is 4.31. The van der Waals surface area contributed by atoms with Crippen molar-refractivity contribution in [3.05, 3.63) is 65.7 Å². The molecule has 19 heavy (non-hydrogen) atoms. The van der Waals surface area contributed by atoms with Crippen molar-refractivity contribution in [2.45, 2.75) is 6.42 Å². The molecule has 0 fully saturated rings. The SMILES string of the molecule is O=C(Cc1ccc(F)cc1)N/N=C\c1ccncc1. The van der Waals surface area contributed by atoms with Gasteiger partial charge in [0.05, 0.1) is 12.6 Å². The van der Waals surface area contributed by atoms with Crippen LogP contribution in [0.2, 0.25) is 0 Å². The number of benzene rings is 1. The molecule has 1 heterocycles. The highest BCUT2D eigenvalue weighted by molar-refractivity contribution is 5.83. The Hall–Kier alpha value is -2.56. The van der Waals surface area contributed by atoms with E-state index >= 15 is 0 Å². The maximum atomic E-state index is 12.7. The maximum absolute atomic E-state index is 12.7. The molecule has 0 atom stereocenters. The van der Waals surface area contributed by atoms with Gasteiger partial charge in [0, 0.05) is 12.4 Å². The third-order valence-corrected chi connectivity index (χ3v) is 2.39. The summed E-state index contributed by atoms with van der Waals surface area (Å²) in [5.41, 5.74) is 3.99. The van der Waals surface area contributed by atoms with E-state index in [0.717, 1.165) is 11.1 Å². The van der Waals surface area contributed by atoms with E-state index < -0.39 is 0 Å². The molecule has 4 nitrogen and oxygen atoms in total. The number of hydrazone groups is 1. The summed E-state index contributed by atoms with van der Waals surface area (Å²) in [5.74, 6) is -0.572. The molecule has 0 spiro atoms. The quantitative estimate of drug-likeness (QED) is 0.672. The zero-order valence-corrected chi connectivity index (χ0v) is 10.1. The monoisotopic (exact) mass is 257 g/mol. The molecule has 0 saturated carbocycles. The molecule has 0 aliphatic rings. The first-order valence-electron chi connectivity index (χ1n) is 5.70. The fourth-order valence-corrected chi connectivity index (χ4v) is 1.46. The first kappa shape index (κ1) is 12.9. The van der Waals surface area contributed by atoms with Crippen LogP contribution in [0, 0.1) is 5.82 Å². The van der Waals surface area contributed by atoms with Crippen LogP contribution in [0.15, 0.2) is 53.9 Å². The summed E-state index contributed by atoms with van der Waals surface area (Å²) in [7, 11) is 0. The first-order chi connectivity index (χ1) is 9.24. The Labute approximate surface area is 110 Å². The van der Waals surface area contributed by atoms with Crippen molar-refractivity contribution in [2.24, 2.45) is 5.10 Å². The highest BCUT2D eigenvalue weighted by atomic mass is 19.1. The minimum Gasteiger partial charge on any atom is -0.273 e. The Kier molecular flexibility index (Phi) is 4.34. The van der Waals surface area contributed by atoms with Gasteiger partial charge in [-0.25, -0.2) is 9.82 Å². The number of pyridine rings is 1. The average molecular weight is 257 g/mol. The smallest absolute Gasteiger partial charge is 0.244 e. The summed E-state index contributed by atoms with van der Waals surface area (Å²) < 4.78 is 12.7. The number of carbonyl (C=O) groups excluding carboxylic acids is 1. The molecule has 1 amide bonds. The van der Waals surface area contributed by atoms with Crippen molar-refractivity contribution in [1.29, 1.82) is 0 Å². The van der Waals surface area contributed by atoms with E-state index in [9.17, 15) is 9.18 Å². The van der Waals surface area contributed by atoms with Crippen molar-refractivity contribution in [2.75, 3.05) is 0 Å². The molecule has 0 saturated heterocycles. The lowest BCUT2D eigenvalue weighted by Gasteiger charge is -2.00. The Balaban J connectivity index is 1.85. The second kappa shape index (κ2) is 6.39. The third-order valence-electron chi connectivity index (χ3n) is 2.39. The average Bonchev–Trinajstić information content (AvgIpc) is 2.43. The molecule has 2 rings (SSSR count). The van der Waals surface area contributed by atoms with Crippen molar-refractivity contribution >= 4 is 12.1 Å². The van der Waals surface area contributed by atoms with E-state index in [4.69, 9.17) is 0 Å². The Morgan fingerprint density at radius 3 is 2.58 bits per heavy atom. The van der Waals surface area contributed by atoms with Gasteiger partial charge in [-0.3, -0.25) is 9.78 Å². The number of nitrogens with zero attached hydrogens (tertiary/aromatic N) is 2. The fraction of sp³-hybridized carbons (Fsp3) is 0.0714. The summed E-state index contributed by atoms with van der Waals surface area (Å²) in [6.45, 7) is 0. The van der Waals surface area contributed by atoms with Crippen molar-refractivity contribution in [1.82, 2.24) is 10.4 Å². The van der Waals surface area contributed by atoms with Gasteiger partial charge in [0.2, 0.25) is 5.91 Å². The molecule has 2 aromatic rings. The predicted octanol–water partition coefficient (Wildman–Crippen LogP) is 1.91. The normalized spacial score (nSPS) is 10.6. The zero-order chi connectivity index (χ0) is 13.5. The Bertz CT molecular complexity index is 567. The summed E-state index contributed by atoms with van der Waals surface area (Å²) in [4.78, 5) is 15.4. The van der Waals surface area contributed by atoms with Crippen LogP contribution in [0.5, 0.6) is 0 Å². The molecule has 1 aromatic heterocycles. The fourth-order valence-electron chi connectivity index (χ4n) is 1.46. The van der Waals surface area contributed by atoms with Crippen LogP contribution in [-0.4, -0.2) is 17.1 Å². The minimum absolute atomic E-state index is 0.161. The molecule has 0 bridgehead atoms. The Morgan fingerprint density at radius 1 is 1.21 bits per heavy atom. The van der Waals surface area contributed by atoms with Gasteiger partial charge in [-0.2, -0.15) is 5.10 Å². The van der Waals surface area contributed by atoms with E-state index in [1.165, 1.54) is 18.3 Å². The van der Waals surface area contributed by atoms with E-state index in [-0.39, 0.29) is 18.1 Å². The maximum Gasteiger partial charge on any atom is 0.244 e. The van der Waals surface area contributed by atoms with Crippen molar-refractivity contribution < 1.29 is 9.18 Å². The lowest BCUT2D eigenvalue weighted by Crippen LogP contribution is -2.19. The van der Waals surface area contributed by atoms with Crippen LogP contribution in [0.25, 0.3) is 0 Å². The lowest BCUT2D eigenvalue weighted by molar-refractivity contribution is -0.120. The van der Waals surface area contributed by atoms with E-state index in [0.29, 0.717) is 0 Å². The summed E-state index contributed by atoms with van der Waals surface area (Å²) in [6, 6.07) is 9.33. The van der Waals surface area contributed by atoms with Crippen molar-refractivity contribution in [3.8, 4) is 0 Å². The Morgan fingerprint density at radius 2 is 1.89 bits per heavy atom. The van der Waals surface area contributed by atoms with E-state index in [1.54, 1.807) is 36.7 Å². The minimum atomic E-state index is -0.320. The second-order valence-corrected chi connectivity index (χ2v) is 3.88. The highest BCUT2D eigenvalue weighted by Gasteiger charge is 2.01. The molecule has 1 aromatic carbocycles. The van der Waals surface area contributed by atoms with Crippen LogP contribution in [0.1, 0.15) is 11.1 Å². The molecule has 0 aliphatic carbocycles. The molecule has 1 N–H and O–H groups in total. The molecular weight excluding hydrogens is 245 g/mol. The molecule has 96 valence electrons. The molecule has 0 aliphatic heterocycles. The van der Waals surface area contributed by atoms with E-state index in [1.807, 2.05) is 0 Å². The standard InChI is InChI=1S/C14H12FN3O/c15-13-3-1-11(2-4-13)9-14(19)18-17-10-12-5-7-16-8-6-12/h1-8,10H,9H2,(H,18,19)/b17-10-. The highest BCUT2D eigenvalue weighted by Crippen LogP contribution is 2.03. The number of halogens is 1. The number of carbonyl (C=O) groups is 1. The van der Waals surface area contributed by atoms with Crippen LogP contribution < -0.4 is 5.43 Å². The van der Waals surface area contributed by atoms with Gasteiger partial charge in [0.15, 0.2) is 0 Å². The molecule has 0 unspecified atom stereocenters. The van der Waals surface area contributed by atoms with Gasteiger partial charge in [-0.05, 0) is 35.4 Å². The molecule has 0 radical (unpaired) electrons. The van der Waals surface area contributed by atoms with Gasteiger partial charge in [0.1, 0.15) is 5.82 Å². The zero-order valence-electron chi connectivity index (χ0n) is 10.1. The predicted molar refractivity (Wildman–Crippen MR) is 70.1 cm³/mol.